The fourth-order valence-corrected chi connectivity index (χ4v) is 3.54. The zero-order valence-corrected chi connectivity index (χ0v) is 17.1. The van der Waals surface area contributed by atoms with Gasteiger partial charge in [-0.1, -0.05) is 23.5 Å². The molecule has 0 aliphatic carbocycles. The number of rotatable bonds is 6. The van der Waals surface area contributed by atoms with Crippen LogP contribution < -0.4 is 10.1 Å². The monoisotopic (exact) mass is 422 g/mol. The van der Waals surface area contributed by atoms with E-state index in [4.69, 9.17) is 4.74 Å². The summed E-state index contributed by atoms with van der Waals surface area (Å²) in [6.45, 7) is 2.30. The Morgan fingerprint density at radius 3 is 2.90 bits per heavy atom. The molecule has 3 aromatic heterocycles. The number of aromatic nitrogens is 3. The Labute approximate surface area is 176 Å². The van der Waals surface area contributed by atoms with E-state index in [1.54, 1.807) is 24.3 Å². The van der Waals surface area contributed by atoms with Crippen LogP contribution in [0.3, 0.4) is 0 Å². The number of hydrogen-bond acceptors (Lipinski definition) is 7. The number of pyridine rings is 1. The highest BCUT2D eigenvalue weighted by atomic mass is 32.1. The quantitative estimate of drug-likeness (QED) is 0.476. The van der Waals surface area contributed by atoms with E-state index in [1.165, 1.54) is 13.3 Å². The standard InChI is InChI=1S/C21H18N4O4S/c1-13-6-7-18-23-15(11-25(18)10-13)12-29-16-5-3-4-14(8-16)19(26)24-21-22-9-17(30-21)20(27)28-2/h3-11H,12H2,1-2H3,(H,22,24,26). The second-order valence-corrected chi connectivity index (χ2v) is 7.53. The average molecular weight is 422 g/mol. The molecule has 0 atom stereocenters. The molecular weight excluding hydrogens is 404 g/mol. The third-order valence-corrected chi connectivity index (χ3v) is 5.14. The Hall–Kier alpha value is -3.72. The molecule has 3 heterocycles. The van der Waals surface area contributed by atoms with Gasteiger partial charge in [-0.3, -0.25) is 10.1 Å². The maximum atomic E-state index is 12.5. The van der Waals surface area contributed by atoms with E-state index in [1.807, 2.05) is 35.9 Å². The van der Waals surface area contributed by atoms with Crippen LogP contribution in [0.5, 0.6) is 5.75 Å². The smallest absolute Gasteiger partial charge is 0.349 e. The van der Waals surface area contributed by atoms with E-state index in [9.17, 15) is 9.59 Å². The van der Waals surface area contributed by atoms with Crippen LogP contribution in [-0.4, -0.2) is 33.4 Å². The zero-order valence-electron chi connectivity index (χ0n) is 16.3. The van der Waals surface area contributed by atoms with Crippen molar-refractivity contribution in [3.8, 4) is 5.75 Å². The summed E-state index contributed by atoms with van der Waals surface area (Å²) in [5, 5.41) is 2.98. The average Bonchev–Trinajstić information content (AvgIpc) is 3.38. The maximum absolute atomic E-state index is 12.5. The number of nitrogens with one attached hydrogen (secondary N) is 1. The number of ether oxygens (including phenoxy) is 2. The molecule has 0 fully saturated rings. The normalized spacial score (nSPS) is 10.7. The molecular formula is C21H18N4O4S. The van der Waals surface area contributed by atoms with E-state index < -0.39 is 5.97 Å². The molecule has 0 radical (unpaired) electrons. The van der Waals surface area contributed by atoms with Crippen molar-refractivity contribution >= 4 is 34.0 Å². The summed E-state index contributed by atoms with van der Waals surface area (Å²) in [5.41, 5.74) is 3.19. The van der Waals surface area contributed by atoms with Crippen molar-refractivity contribution in [2.45, 2.75) is 13.5 Å². The molecule has 1 aromatic carbocycles. The van der Waals surface area contributed by atoms with E-state index in [0.717, 1.165) is 28.2 Å². The lowest BCUT2D eigenvalue weighted by Crippen LogP contribution is -2.11. The lowest BCUT2D eigenvalue weighted by Gasteiger charge is -2.06. The maximum Gasteiger partial charge on any atom is 0.349 e. The van der Waals surface area contributed by atoms with Gasteiger partial charge in [0.2, 0.25) is 0 Å². The molecule has 4 aromatic rings. The van der Waals surface area contributed by atoms with Crippen molar-refractivity contribution in [3.05, 3.63) is 76.7 Å². The first-order chi connectivity index (χ1) is 14.5. The van der Waals surface area contributed by atoms with Gasteiger partial charge in [-0.15, -0.1) is 0 Å². The van der Waals surface area contributed by atoms with Gasteiger partial charge < -0.3 is 13.9 Å². The first-order valence-electron chi connectivity index (χ1n) is 9.04. The highest BCUT2D eigenvalue weighted by molar-refractivity contribution is 7.17. The Balaban J connectivity index is 1.42. The Morgan fingerprint density at radius 2 is 2.07 bits per heavy atom. The number of aryl methyl sites for hydroxylation is 1. The van der Waals surface area contributed by atoms with Crippen LogP contribution in [-0.2, 0) is 11.3 Å². The molecule has 152 valence electrons. The molecule has 30 heavy (non-hydrogen) atoms. The molecule has 0 aliphatic rings. The van der Waals surface area contributed by atoms with Gasteiger partial charge in [-0.2, -0.15) is 0 Å². The molecule has 9 heteroatoms. The molecule has 0 spiro atoms. The van der Waals surface area contributed by atoms with Crippen molar-refractivity contribution in [2.75, 3.05) is 12.4 Å². The summed E-state index contributed by atoms with van der Waals surface area (Å²) in [4.78, 5) is 32.9. The number of hydrogen-bond donors (Lipinski definition) is 1. The minimum absolute atomic E-state index is 0.279. The van der Waals surface area contributed by atoms with E-state index in [0.29, 0.717) is 21.3 Å². The summed E-state index contributed by atoms with van der Waals surface area (Å²) in [5.74, 6) is -0.301. The van der Waals surface area contributed by atoms with Gasteiger partial charge in [0, 0.05) is 18.0 Å². The summed E-state index contributed by atoms with van der Waals surface area (Å²) < 4.78 is 12.4. The Kier molecular flexibility index (Phi) is 5.44. The van der Waals surface area contributed by atoms with Gasteiger partial charge in [0.15, 0.2) is 5.13 Å². The third kappa shape index (κ3) is 4.31. The van der Waals surface area contributed by atoms with Crippen LogP contribution in [0.4, 0.5) is 5.13 Å². The molecule has 0 bridgehead atoms. The Morgan fingerprint density at radius 1 is 1.20 bits per heavy atom. The molecule has 4 rings (SSSR count). The number of esters is 1. The van der Waals surface area contributed by atoms with Gasteiger partial charge in [-0.25, -0.2) is 14.8 Å². The van der Waals surface area contributed by atoms with Gasteiger partial charge in [0.1, 0.15) is 22.9 Å². The SMILES string of the molecule is COC(=O)c1cnc(NC(=O)c2cccc(OCc3cn4cc(C)ccc4n3)c2)s1. The topological polar surface area (TPSA) is 94.8 Å². The van der Waals surface area contributed by atoms with Gasteiger partial charge in [0.05, 0.1) is 19.0 Å². The molecule has 1 N–H and O–H groups in total. The van der Waals surface area contributed by atoms with E-state index in [-0.39, 0.29) is 12.5 Å². The molecule has 0 unspecified atom stereocenters. The van der Waals surface area contributed by atoms with Crippen molar-refractivity contribution < 1.29 is 19.1 Å². The summed E-state index contributed by atoms with van der Waals surface area (Å²) >= 11 is 1.04. The fourth-order valence-electron chi connectivity index (χ4n) is 2.81. The Bertz CT molecular complexity index is 1230. The first kappa shape index (κ1) is 19.6. The highest BCUT2D eigenvalue weighted by Gasteiger charge is 2.14. The summed E-state index contributed by atoms with van der Waals surface area (Å²) in [7, 11) is 1.29. The predicted molar refractivity (Wildman–Crippen MR) is 112 cm³/mol. The largest absolute Gasteiger partial charge is 0.487 e. The number of imidazole rings is 1. The second-order valence-electron chi connectivity index (χ2n) is 6.50. The number of carbonyl (C=O) groups is 2. The summed E-state index contributed by atoms with van der Waals surface area (Å²) in [6.07, 6.45) is 5.28. The van der Waals surface area contributed by atoms with Crippen LogP contribution in [0, 0.1) is 6.92 Å². The van der Waals surface area contributed by atoms with Crippen molar-refractivity contribution in [2.24, 2.45) is 0 Å². The highest BCUT2D eigenvalue weighted by Crippen LogP contribution is 2.21. The lowest BCUT2D eigenvalue weighted by molar-refractivity contribution is 0.0606. The van der Waals surface area contributed by atoms with Gasteiger partial charge in [0.25, 0.3) is 5.91 Å². The number of amides is 1. The van der Waals surface area contributed by atoms with Crippen LogP contribution in [0.15, 0.2) is 55.0 Å². The molecule has 8 nitrogen and oxygen atoms in total. The van der Waals surface area contributed by atoms with Crippen LogP contribution in [0.1, 0.15) is 31.3 Å². The number of nitrogens with zero attached hydrogens (tertiary/aromatic N) is 3. The van der Waals surface area contributed by atoms with Crippen LogP contribution in [0.25, 0.3) is 5.65 Å². The lowest BCUT2D eigenvalue weighted by atomic mass is 10.2. The van der Waals surface area contributed by atoms with Crippen molar-refractivity contribution in [3.63, 3.8) is 0 Å². The third-order valence-electron chi connectivity index (χ3n) is 4.24. The van der Waals surface area contributed by atoms with E-state index >= 15 is 0 Å². The number of fused-ring (bicyclic) bond motifs is 1. The molecule has 0 saturated heterocycles. The predicted octanol–water partition coefficient (Wildman–Crippen LogP) is 3.72. The fraction of sp³-hybridized carbons (Fsp3) is 0.143. The minimum Gasteiger partial charge on any atom is -0.487 e. The van der Waals surface area contributed by atoms with Crippen molar-refractivity contribution in [1.29, 1.82) is 0 Å². The number of anilines is 1. The van der Waals surface area contributed by atoms with Gasteiger partial charge in [-0.05, 0) is 36.8 Å². The zero-order chi connectivity index (χ0) is 21.1. The summed E-state index contributed by atoms with van der Waals surface area (Å²) in [6, 6.07) is 10.8. The van der Waals surface area contributed by atoms with Gasteiger partial charge >= 0.3 is 5.97 Å². The number of thiazole rings is 1. The number of carbonyl (C=O) groups excluding carboxylic acids is 2. The van der Waals surface area contributed by atoms with Crippen LogP contribution >= 0.6 is 11.3 Å². The number of methoxy groups -OCH3 is 1. The molecule has 1 amide bonds. The molecule has 0 aliphatic heterocycles. The first-order valence-corrected chi connectivity index (χ1v) is 9.86. The van der Waals surface area contributed by atoms with Crippen LogP contribution in [0.2, 0.25) is 0 Å². The van der Waals surface area contributed by atoms with E-state index in [2.05, 4.69) is 20.0 Å². The number of benzene rings is 1. The second kappa shape index (κ2) is 8.34. The molecule has 0 saturated carbocycles. The van der Waals surface area contributed by atoms with Crippen molar-refractivity contribution in [1.82, 2.24) is 14.4 Å². The minimum atomic E-state index is -0.495.